The van der Waals surface area contributed by atoms with E-state index in [1.807, 2.05) is 0 Å². The summed E-state index contributed by atoms with van der Waals surface area (Å²) in [6, 6.07) is 2.38. The Hall–Kier alpha value is -2.53. The van der Waals surface area contributed by atoms with Crippen molar-refractivity contribution in [3.05, 3.63) is 33.9 Å². The van der Waals surface area contributed by atoms with Crippen LogP contribution in [0.2, 0.25) is 0 Å². The molecule has 0 saturated heterocycles. The van der Waals surface area contributed by atoms with Crippen LogP contribution < -0.4 is 5.32 Å². The van der Waals surface area contributed by atoms with Crippen LogP contribution in [-0.2, 0) is 14.9 Å². The van der Waals surface area contributed by atoms with Crippen LogP contribution in [-0.4, -0.2) is 41.4 Å². The van der Waals surface area contributed by atoms with E-state index in [4.69, 9.17) is 9.66 Å². The molecule has 0 radical (unpaired) electrons. The number of aliphatic carboxylic acids is 1. The van der Waals surface area contributed by atoms with Gasteiger partial charge in [-0.25, -0.2) is 0 Å². The minimum absolute atomic E-state index is 0.0244. The highest BCUT2D eigenvalue weighted by Gasteiger charge is 2.20. The molecule has 0 aliphatic carbocycles. The van der Waals surface area contributed by atoms with Gasteiger partial charge in [-0.2, -0.15) is 8.42 Å². The van der Waals surface area contributed by atoms with Crippen molar-refractivity contribution in [1.82, 2.24) is 5.32 Å². The van der Waals surface area contributed by atoms with Gasteiger partial charge in [-0.3, -0.25) is 24.3 Å². The predicted octanol–water partition coefficient (Wildman–Crippen LogP) is 1.22. The van der Waals surface area contributed by atoms with Gasteiger partial charge in [0.1, 0.15) is 4.90 Å². The number of nitro groups is 1. The van der Waals surface area contributed by atoms with Crippen molar-refractivity contribution in [2.24, 2.45) is 0 Å². The van der Waals surface area contributed by atoms with E-state index < -0.39 is 37.5 Å². The highest BCUT2D eigenvalue weighted by atomic mass is 32.2. The van der Waals surface area contributed by atoms with Crippen molar-refractivity contribution in [3.8, 4) is 0 Å². The first-order chi connectivity index (χ1) is 11.1. The first kappa shape index (κ1) is 19.5. The molecule has 0 aromatic heterocycles. The van der Waals surface area contributed by atoms with E-state index in [0.29, 0.717) is 25.3 Å². The summed E-state index contributed by atoms with van der Waals surface area (Å²) in [5, 5.41) is 21.7. The number of carboxylic acids is 1. The van der Waals surface area contributed by atoms with Crippen molar-refractivity contribution < 1.29 is 32.6 Å². The Bertz CT molecular complexity index is 744. The van der Waals surface area contributed by atoms with Crippen LogP contribution >= 0.6 is 0 Å². The van der Waals surface area contributed by atoms with Crippen molar-refractivity contribution in [3.63, 3.8) is 0 Å². The molecule has 24 heavy (non-hydrogen) atoms. The number of carbonyl (C=O) groups excluding carboxylic acids is 1. The number of unbranched alkanes of at least 4 members (excludes halogenated alkanes) is 2. The topological polar surface area (TPSA) is 164 Å². The van der Waals surface area contributed by atoms with Gasteiger partial charge in [0, 0.05) is 30.7 Å². The summed E-state index contributed by atoms with van der Waals surface area (Å²) in [5.74, 6) is -1.64. The molecular formula is C13H16N2O8S. The van der Waals surface area contributed by atoms with E-state index in [1.54, 1.807) is 0 Å². The molecular weight excluding hydrogens is 344 g/mol. The lowest BCUT2D eigenvalue weighted by Gasteiger charge is -2.06. The second kappa shape index (κ2) is 8.36. The maximum atomic E-state index is 11.9. The van der Waals surface area contributed by atoms with E-state index in [9.17, 15) is 28.1 Å². The molecule has 0 aliphatic rings. The minimum Gasteiger partial charge on any atom is -0.481 e. The first-order valence-corrected chi connectivity index (χ1v) is 8.32. The fourth-order valence-corrected chi connectivity index (χ4v) is 2.40. The van der Waals surface area contributed by atoms with Gasteiger partial charge in [0.25, 0.3) is 21.7 Å². The third-order valence-electron chi connectivity index (χ3n) is 3.02. The Morgan fingerprint density at radius 2 is 1.83 bits per heavy atom. The summed E-state index contributed by atoms with van der Waals surface area (Å²) >= 11 is 0. The summed E-state index contributed by atoms with van der Waals surface area (Å²) in [6.07, 6.45) is 1.54. The first-order valence-electron chi connectivity index (χ1n) is 6.88. The van der Waals surface area contributed by atoms with Gasteiger partial charge >= 0.3 is 5.97 Å². The number of nitro benzene ring substituents is 1. The molecule has 1 aromatic carbocycles. The van der Waals surface area contributed by atoms with Crippen LogP contribution in [0.15, 0.2) is 23.1 Å². The highest BCUT2D eigenvalue weighted by Crippen LogP contribution is 2.20. The molecule has 0 unspecified atom stereocenters. The number of carbonyl (C=O) groups is 2. The van der Waals surface area contributed by atoms with Gasteiger partial charge in [0.05, 0.1) is 4.92 Å². The monoisotopic (exact) mass is 360 g/mol. The average molecular weight is 360 g/mol. The fourth-order valence-electron chi connectivity index (χ4n) is 1.85. The lowest BCUT2D eigenvalue weighted by molar-refractivity contribution is -0.385. The Morgan fingerprint density at radius 1 is 1.17 bits per heavy atom. The molecule has 0 atom stereocenters. The number of carboxylic acid groups (broad SMARTS) is 1. The summed E-state index contributed by atoms with van der Waals surface area (Å²) in [4.78, 5) is 31.4. The van der Waals surface area contributed by atoms with Crippen LogP contribution in [0.4, 0.5) is 5.69 Å². The Balaban J connectivity index is 2.74. The number of nitrogens with one attached hydrogen (secondary N) is 1. The second-order valence-electron chi connectivity index (χ2n) is 4.91. The lowest BCUT2D eigenvalue weighted by Crippen LogP contribution is -2.24. The summed E-state index contributed by atoms with van der Waals surface area (Å²) in [5.41, 5.74) is -0.918. The van der Waals surface area contributed by atoms with Crippen molar-refractivity contribution in [2.75, 3.05) is 6.54 Å². The fraction of sp³-hybridized carbons (Fsp3) is 0.385. The van der Waals surface area contributed by atoms with Crippen molar-refractivity contribution in [1.29, 1.82) is 0 Å². The van der Waals surface area contributed by atoms with E-state index in [2.05, 4.69) is 5.32 Å². The number of amides is 1. The Morgan fingerprint density at radius 3 is 2.38 bits per heavy atom. The molecule has 3 N–H and O–H groups in total. The van der Waals surface area contributed by atoms with Gasteiger partial charge in [0.15, 0.2) is 0 Å². The smallest absolute Gasteiger partial charge is 0.303 e. The third-order valence-corrected chi connectivity index (χ3v) is 3.85. The minimum atomic E-state index is -4.70. The number of benzene rings is 1. The largest absolute Gasteiger partial charge is 0.481 e. The zero-order valence-electron chi connectivity index (χ0n) is 12.5. The molecule has 0 saturated carbocycles. The van der Waals surface area contributed by atoms with Gasteiger partial charge in [-0.1, -0.05) is 6.42 Å². The molecule has 0 fully saturated rings. The molecule has 0 heterocycles. The van der Waals surface area contributed by atoms with E-state index in [-0.39, 0.29) is 18.5 Å². The lowest BCUT2D eigenvalue weighted by atomic mass is 10.1. The maximum absolute atomic E-state index is 11.9. The Labute approximate surface area is 137 Å². The number of non-ortho nitro benzene ring substituents is 1. The summed E-state index contributed by atoms with van der Waals surface area (Å²) in [7, 11) is -4.70. The normalized spacial score (nSPS) is 11.0. The van der Waals surface area contributed by atoms with E-state index in [0.717, 1.165) is 12.1 Å². The molecule has 1 amide bonds. The molecule has 1 aromatic rings. The molecule has 11 heteroatoms. The molecule has 10 nitrogen and oxygen atoms in total. The molecule has 0 spiro atoms. The highest BCUT2D eigenvalue weighted by molar-refractivity contribution is 7.85. The number of hydrogen-bond acceptors (Lipinski definition) is 6. The van der Waals surface area contributed by atoms with Crippen LogP contribution in [0.3, 0.4) is 0 Å². The van der Waals surface area contributed by atoms with Crippen molar-refractivity contribution >= 4 is 27.7 Å². The van der Waals surface area contributed by atoms with Gasteiger partial charge < -0.3 is 10.4 Å². The summed E-state index contributed by atoms with van der Waals surface area (Å²) in [6.45, 7) is 0.197. The van der Waals surface area contributed by atoms with Crippen LogP contribution in [0, 0.1) is 10.1 Å². The Kier molecular flexibility index (Phi) is 6.80. The van der Waals surface area contributed by atoms with Crippen LogP contribution in [0.1, 0.15) is 36.0 Å². The average Bonchev–Trinajstić information content (AvgIpc) is 2.48. The number of rotatable bonds is 9. The van der Waals surface area contributed by atoms with Gasteiger partial charge in [-0.05, 0) is 18.9 Å². The van der Waals surface area contributed by atoms with Crippen LogP contribution in [0.5, 0.6) is 0 Å². The third kappa shape index (κ3) is 6.30. The number of nitrogens with zero attached hydrogens (tertiary/aromatic N) is 1. The summed E-state index contributed by atoms with van der Waals surface area (Å²) < 4.78 is 31.2. The van der Waals surface area contributed by atoms with E-state index in [1.165, 1.54) is 0 Å². The number of hydrogen-bond donors (Lipinski definition) is 3. The van der Waals surface area contributed by atoms with E-state index >= 15 is 0 Å². The molecule has 0 aliphatic heterocycles. The maximum Gasteiger partial charge on any atom is 0.303 e. The quantitative estimate of drug-likeness (QED) is 0.256. The SMILES string of the molecule is O=C(O)CCCCCNC(=O)c1cc([N+](=O)[O-])cc(S(=O)(=O)O)c1. The zero-order chi connectivity index (χ0) is 18.3. The molecule has 1 rings (SSSR count). The molecule has 132 valence electrons. The van der Waals surface area contributed by atoms with Crippen LogP contribution in [0.25, 0.3) is 0 Å². The van der Waals surface area contributed by atoms with Gasteiger partial charge in [-0.15, -0.1) is 0 Å². The second-order valence-corrected chi connectivity index (χ2v) is 6.33. The predicted molar refractivity (Wildman–Crippen MR) is 81.3 cm³/mol. The zero-order valence-corrected chi connectivity index (χ0v) is 13.3. The molecule has 0 bridgehead atoms. The van der Waals surface area contributed by atoms with Crippen molar-refractivity contribution in [2.45, 2.75) is 30.6 Å². The standard InChI is InChI=1S/C13H16N2O8S/c16-12(17)4-2-1-3-5-14-13(18)9-6-10(15(19)20)8-11(7-9)24(21,22)23/h6-8H,1-5H2,(H,14,18)(H,16,17)(H,21,22,23). The van der Waals surface area contributed by atoms with Gasteiger partial charge in [0.2, 0.25) is 0 Å².